The van der Waals surface area contributed by atoms with Crippen LogP contribution in [0.5, 0.6) is 11.5 Å². The largest absolute Gasteiger partial charge is 0.488 e. The fourth-order valence-electron chi connectivity index (χ4n) is 3.95. The van der Waals surface area contributed by atoms with Gasteiger partial charge in [0.1, 0.15) is 24.7 Å². The molecule has 0 aliphatic rings. The van der Waals surface area contributed by atoms with Crippen molar-refractivity contribution in [1.82, 2.24) is 4.98 Å². The maximum absolute atomic E-state index is 11.8. The number of rotatable bonds is 9. The van der Waals surface area contributed by atoms with Crippen LogP contribution in [-0.4, -0.2) is 25.9 Å². The number of halogens is 1. The fraction of sp³-hybridized carbons (Fsp3) is 0.172. The molecule has 0 bridgehead atoms. The molecule has 0 amide bonds. The predicted molar refractivity (Wildman–Crippen MR) is 144 cm³/mol. The minimum absolute atomic E-state index is 0.00977. The number of pyridine rings is 1. The Morgan fingerprint density at radius 1 is 0.892 bits per heavy atom. The summed E-state index contributed by atoms with van der Waals surface area (Å²) in [4.78, 5) is 15.7. The minimum Gasteiger partial charge on any atom is -0.488 e. The maximum Gasteiger partial charge on any atom is 0.177 e. The summed E-state index contributed by atoms with van der Waals surface area (Å²) in [7, 11) is -3.41. The van der Waals surface area contributed by atoms with Crippen molar-refractivity contribution in [3.63, 3.8) is 0 Å². The zero-order chi connectivity index (χ0) is 26.6. The highest BCUT2D eigenvalue weighted by atomic mass is 35.5. The molecule has 1 heterocycles. The van der Waals surface area contributed by atoms with Gasteiger partial charge in [0.15, 0.2) is 16.1 Å². The van der Waals surface area contributed by atoms with E-state index in [0.29, 0.717) is 17.6 Å². The fourth-order valence-corrected chi connectivity index (χ4v) is 4.79. The van der Waals surface area contributed by atoms with Crippen molar-refractivity contribution in [1.29, 1.82) is 0 Å². The van der Waals surface area contributed by atoms with Gasteiger partial charge in [0, 0.05) is 30.3 Å². The lowest BCUT2D eigenvalue weighted by Gasteiger charge is -2.16. The maximum atomic E-state index is 11.8. The summed E-state index contributed by atoms with van der Waals surface area (Å²) in [5.41, 5.74) is 6.39. The van der Waals surface area contributed by atoms with Crippen LogP contribution in [0.15, 0.2) is 78.0 Å². The molecule has 0 fully saturated rings. The topological polar surface area (TPSA) is 82.6 Å². The summed E-state index contributed by atoms with van der Waals surface area (Å²) < 4.78 is 35.5. The summed E-state index contributed by atoms with van der Waals surface area (Å²) >= 11 is 6.41. The SMILES string of the molecule is Cc1ccccc1-c1cccc(COc2cc(OCc3cncc(S(C)(=O)=O)c3)c(C=O)cc2Cl)c1C. The Bertz CT molecular complexity index is 1570. The van der Waals surface area contributed by atoms with Crippen molar-refractivity contribution >= 4 is 27.7 Å². The number of aryl methyl sites for hydroxylation is 1. The number of ether oxygens (including phenoxy) is 2. The number of nitrogens with zero attached hydrogens (tertiary/aromatic N) is 1. The van der Waals surface area contributed by atoms with Crippen molar-refractivity contribution < 1.29 is 22.7 Å². The summed E-state index contributed by atoms with van der Waals surface area (Å²) in [5, 5.41) is 0.280. The molecule has 0 aliphatic carbocycles. The lowest BCUT2D eigenvalue weighted by molar-refractivity contribution is 0.111. The Balaban J connectivity index is 1.55. The molecule has 6 nitrogen and oxygen atoms in total. The van der Waals surface area contributed by atoms with E-state index in [-0.39, 0.29) is 34.4 Å². The van der Waals surface area contributed by atoms with Gasteiger partial charge in [-0.25, -0.2) is 8.42 Å². The molecule has 37 heavy (non-hydrogen) atoms. The molecule has 0 aliphatic heterocycles. The van der Waals surface area contributed by atoms with Crippen LogP contribution in [0.1, 0.15) is 32.6 Å². The Morgan fingerprint density at radius 3 is 2.35 bits per heavy atom. The van der Waals surface area contributed by atoms with Crippen LogP contribution in [0, 0.1) is 13.8 Å². The standard InChI is InChI=1S/C29H26ClNO5S/c1-19-7-4-5-9-25(19)26-10-6-8-22(20(26)2)18-36-29-13-28(23(16-32)12-27(29)30)35-17-21-11-24(15-31-14-21)37(3,33)34/h4-16H,17-18H2,1-3H3. The number of carbonyl (C=O) groups is 1. The number of aromatic nitrogens is 1. The van der Waals surface area contributed by atoms with Crippen LogP contribution in [0.2, 0.25) is 5.02 Å². The molecular formula is C29H26ClNO5S. The van der Waals surface area contributed by atoms with Crippen LogP contribution in [0.3, 0.4) is 0 Å². The van der Waals surface area contributed by atoms with Crippen molar-refractivity contribution in [2.24, 2.45) is 0 Å². The van der Waals surface area contributed by atoms with Crippen LogP contribution in [-0.2, 0) is 23.1 Å². The van der Waals surface area contributed by atoms with Gasteiger partial charge in [-0.2, -0.15) is 0 Å². The van der Waals surface area contributed by atoms with Crippen LogP contribution >= 0.6 is 11.6 Å². The zero-order valence-electron chi connectivity index (χ0n) is 20.7. The first-order chi connectivity index (χ1) is 17.7. The van der Waals surface area contributed by atoms with Crippen LogP contribution < -0.4 is 9.47 Å². The molecule has 0 N–H and O–H groups in total. The second kappa shape index (κ2) is 11.2. The molecule has 0 saturated carbocycles. The quantitative estimate of drug-likeness (QED) is 0.231. The van der Waals surface area contributed by atoms with E-state index in [1.54, 1.807) is 6.07 Å². The normalized spacial score (nSPS) is 11.2. The Kier molecular flexibility index (Phi) is 7.95. The van der Waals surface area contributed by atoms with Gasteiger partial charge in [-0.3, -0.25) is 9.78 Å². The monoisotopic (exact) mass is 535 g/mol. The molecule has 0 saturated heterocycles. The molecule has 0 unspecified atom stereocenters. The first-order valence-corrected chi connectivity index (χ1v) is 13.8. The summed E-state index contributed by atoms with van der Waals surface area (Å²) in [5.74, 6) is 0.635. The number of benzene rings is 3. The highest BCUT2D eigenvalue weighted by molar-refractivity contribution is 7.90. The first-order valence-electron chi connectivity index (χ1n) is 11.5. The lowest BCUT2D eigenvalue weighted by atomic mass is 9.94. The zero-order valence-corrected chi connectivity index (χ0v) is 22.3. The van der Waals surface area contributed by atoms with Crippen LogP contribution in [0.25, 0.3) is 11.1 Å². The third-order valence-electron chi connectivity index (χ3n) is 6.05. The van der Waals surface area contributed by atoms with E-state index in [1.807, 2.05) is 24.3 Å². The summed E-state index contributed by atoms with van der Waals surface area (Å²) in [6.07, 6.45) is 4.54. The van der Waals surface area contributed by atoms with Gasteiger partial charge >= 0.3 is 0 Å². The van der Waals surface area contributed by atoms with E-state index in [2.05, 4.69) is 37.0 Å². The molecular weight excluding hydrogens is 510 g/mol. The van der Waals surface area contributed by atoms with E-state index in [9.17, 15) is 13.2 Å². The minimum atomic E-state index is -3.41. The van der Waals surface area contributed by atoms with E-state index >= 15 is 0 Å². The summed E-state index contributed by atoms with van der Waals surface area (Å²) in [6.45, 7) is 4.42. The Hall–Kier alpha value is -3.68. The molecule has 4 aromatic rings. The molecule has 0 spiro atoms. The van der Waals surface area contributed by atoms with Gasteiger partial charge in [0.05, 0.1) is 15.5 Å². The van der Waals surface area contributed by atoms with Gasteiger partial charge in [-0.05, 0) is 53.8 Å². The van der Waals surface area contributed by atoms with Gasteiger partial charge in [-0.15, -0.1) is 0 Å². The van der Waals surface area contributed by atoms with Gasteiger partial charge in [0.25, 0.3) is 0 Å². The molecule has 8 heteroatoms. The number of carbonyl (C=O) groups excluding carboxylic acids is 1. The third kappa shape index (κ3) is 6.18. The predicted octanol–water partition coefficient (Wildman–Crippen LogP) is 6.39. The van der Waals surface area contributed by atoms with Gasteiger partial charge < -0.3 is 9.47 Å². The average molecular weight is 536 g/mol. The highest BCUT2D eigenvalue weighted by Gasteiger charge is 2.14. The Morgan fingerprint density at radius 2 is 1.62 bits per heavy atom. The Labute approximate surface area is 221 Å². The average Bonchev–Trinajstić information content (AvgIpc) is 2.88. The molecule has 0 atom stereocenters. The van der Waals surface area contributed by atoms with Crippen molar-refractivity contribution in [3.05, 3.63) is 106 Å². The van der Waals surface area contributed by atoms with Gasteiger partial charge in [0.2, 0.25) is 0 Å². The lowest BCUT2D eigenvalue weighted by Crippen LogP contribution is -2.04. The first kappa shape index (κ1) is 26.4. The second-order valence-corrected chi connectivity index (χ2v) is 11.1. The second-order valence-electron chi connectivity index (χ2n) is 8.72. The molecule has 0 radical (unpaired) electrons. The highest BCUT2D eigenvalue weighted by Crippen LogP contribution is 2.34. The van der Waals surface area contributed by atoms with E-state index in [4.69, 9.17) is 21.1 Å². The van der Waals surface area contributed by atoms with Gasteiger partial charge in [-0.1, -0.05) is 54.1 Å². The van der Waals surface area contributed by atoms with Crippen molar-refractivity contribution in [3.8, 4) is 22.6 Å². The smallest absolute Gasteiger partial charge is 0.177 e. The van der Waals surface area contributed by atoms with Crippen molar-refractivity contribution in [2.45, 2.75) is 32.0 Å². The van der Waals surface area contributed by atoms with Crippen LogP contribution in [0.4, 0.5) is 0 Å². The summed E-state index contributed by atoms with van der Waals surface area (Å²) in [6, 6.07) is 18.9. The molecule has 4 rings (SSSR count). The molecule has 190 valence electrons. The molecule has 3 aromatic carbocycles. The van der Waals surface area contributed by atoms with E-state index in [1.165, 1.54) is 35.7 Å². The van der Waals surface area contributed by atoms with E-state index in [0.717, 1.165) is 22.9 Å². The van der Waals surface area contributed by atoms with Crippen molar-refractivity contribution in [2.75, 3.05) is 6.26 Å². The number of sulfone groups is 1. The number of hydrogen-bond acceptors (Lipinski definition) is 6. The number of aldehydes is 1. The molecule has 1 aromatic heterocycles. The third-order valence-corrected chi connectivity index (χ3v) is 7.42. The van der Waals surface area contributed by atoms with E-state index < -0.39 is 9.84 Å². The number of hydrogen-bond donors (Lipinski definition) is 0.